The van der Waals surface area contributed by atoms with E-state index in [2.05, 4.69) is 103 Å². The second-order valence-corrected chi connectivity index (χ2v) is 5.97. The minimum atomic E-state index is 1.04. The van der Waals surface area contributed by atoms with Gasteiger partial charge in [-0.1, -0.05) is 24.3 Å². The van der Waals surface area contributed by atoms with E-state index in [0.29, 0.717) is 0 Å². The Morgan fingerprint density at radius 2 is 1.54 bits per heavy atom. The molecule has 2 nitrogen and oxygen atoms in total. The van der Waals surface area contributed by atoms with Gasteiger partial charge >= 0.3 is 0 Å². The zero-order valence-corrected chi connectivity index (χ0v) is 14.7. The van der Waals surface area contributed by atoms with Crippen LogP contribution in [0.3, 0.4) is 0 Å². The maximum Gasteiger partial charge on any atom is 0.212 e. The van der Waals surface area contributed by atoms with Crippen LogP contribution >= 0.6 is 0 Å². The fraction of sp³-hybridized carbons (Fsp3) is 0.227. The van der Waals surface area contributed by atoms with Crippen LogP contribution < -0.4 is 9.47 Å². The third-order valence-corrected chi connectivity index (χ3v) is 4.59. The van der Waals surface area contributed by atoms with Gasteiger partial charge < -0.3 is 4.90 Å². The van der Waals surface area contributed by atoms with Gasteiger partial charge in [-0.25, -0.2) is 0 Å². The molecule has 0 unspecified atom stereocenters. The molecule has 0 aliphatic rings. The largest absolute Gasteiger partial charge is 0.372 e. The first-order valence-corrected chi connectivity index (χ1v) is 8.63. The summed E-state index contributed by atoms with van der Waals surface area (Å²) in [5, 5.41) is 1.26. The summed E-state index contributed by atoms with van der Waals surface area (Å²) in [6.45, 7) is 6.46. The second kappa shape index (κ2) is 7.31. The van der Waals surface area contributed by atoms with Crippen LogP contribution in [0.2, 0.25) is 0 Å². The molecule has 0 N–H and O–H groups in total. The minimum absolute atomic E-state index is 1.04. The summed E-state index contributed by atoms with van der Waals surface area (Å²) in [4.78, 5) is 2.36. The third kappa shape index (κ3) is 3.33. The molecule has 0 aliphatic carbocycles. The van der Waals surface area contributed by atoms with E-state index >= 15 is 0 Å². The summed E-state index contributed by atoms with van der Waals surface area (Å²) in [5.41, 5.74) is 4.95. The van der Waals surface area contributed by atoms with Crippen molar-refractivity contribution in [2.24, 2.45) is 7.05 Å². The number of anilines is 1. The molecule has 0 spiro atoms. The third-order valence-electron chi connectivity index (χ3n) is 4.59. The van der Waals surface area contributed by atoms with E-state index in [9.17, 15) is 0 Å². The van der Waals surface area contributed by atoms with Crippen molar-refractivity contribution in [3.05, 3.63) is 71.9 Å². The van der Waals surface area contributed by atoms with Crippen LogP contribution in [0.4, 0.5) is 5.69 Å². The number of fused-ring (bicyclic) bond motifs is 1. The molecule has 1 heterocycles. The second-order valence-electron chi connectivity index (χ2n) is 5.97. The molecule has 3 aromatic rings. The zero-order valence-electron chi connectivity index (χ0n) is 14.7. The fourth-order valence-electron chi connectivity index (χ4n) is 3.09. The number of aryl methyl sites for hydroxylation is 1. The van der Waals surface area contributed by atoms with E-state index in [0.717, 1.165) is 13.1 Å². The van der Waals surface area contributed by atoms with Crippen LogP contribution in [-0.4, -0.2) is 13.1 Å². The van der Waals surface area contributed by atoms with Crippen LogP contribution in [0.5, 0.6) is 0 Å². The van der Waals surface area contributed by atoms with Crippen molar-refractivity contribution in [3.8, 4) is 0 Å². The number of aromatic nitrogens is 1. The quantitative estimate of drug-likeness (QED) is 0.620. The summed E-state index contributed by atoms with van der Waals surface area (Å²) in [6, 6.07) is 21.6. The van der Waals surface area contributed by atoms with Crippen molar-refractivity contribution in [3.63, 3.8) is 0 Å². The van der Waals surface area contributed by atoms with E-state index in [1.54, 1.807) is 0 Å². The minimum Gasteiger partial charge on any atom is -0.372 e. The Morgan fingerprint density at radius 3 is 2.25 bits per heavy atom. The SMILES string of the molecule is CCN(CC)c1ccc(C=Cc2ccc3ccccc3[n+]2C)cc1. The van der Waals surface area contributed by atoms with Gasteiger partial charge in [0.25, 0.3) is 0 Å². The number of hydrogen-bond donors (Lipinski definition) is 0. The molecule has 0 atom stereocenters. The number of hydrogen-bond acceptors (Lipinski definition) is 1. The fourth-order valence-corrected chi connectivity index (χ4v) is 3.09. The van der Waals surface area contributed by atoms with Gasteiger partial charge in [0.05, 0.1) is 0 Å². The Hall–Kier alpha value is -2.61. The predicted molar refractivity (Wildman–Crippen MR) is 104 cm³/mol. The zero-order chi connectivity index (χ0) is 16.9. The Morgan fingerprint density at radius 1 is 0.833 bits per heavy atom. The highest BCUT2D eigenvalue weighted by Gasteiger charge is 2.08. The molecule has 0 bridgehead atoms. The Balaban J connectivity index is 1.84. The predicted octanol–water partition coefficient (Wildman–Crippen LogP) is 4.68. The van der Waals surface area contributed by atoms with Gasteiger partial charge in [0.2, 0.25) is 11.2 Å². The lowest BCUT2D eigenvalue weighted by molar-refractivity contribution is -0.646. The molecule has 2 aromatic carbocycles. The molecule has 122 valence electrons. The van der Waals surface area contributed by atoms with E-state index < -0.39 is 0 Å². The Bertz CT molecular complexity index is 843. The lowest BCUT2D eigenvalue weighted by Crippen LogP contribution is -2.32. The van der Waals surface area contributed by atoms with Crippen molar-refractivity contribution < 1.29 is 4.57 Å². The molecule has 0 fully saturated rings. The lowest BCUT2D eigenvalue weighted by atomic mass is 10.1. The number of rotatable bonds is 5. The maximum atomic E-state index is 2.36. The lowest BCUT2D eigenvalue weighted by Gasteiger charge is -2.20. The van der Waals surface area contributed by atoms with Crippen LogP contribution in [0.15, 0.2) is 60.7 Å². The standard InChI is InChI=1S/C22H25N2/c1-4-24(5-2)21-15-11-18(12-16-21)10-14-20-17-13-19-8-6-7-9-22(19)23(20)3/h6-17H,4-5H2,1-3H3/q+1. The van der Waals surface area contributed by atoms with Crippen molar-refractivity contribution in [2.45, 2.75) is 13.8 Å². The Labute approximate surface area is 144 Å². The van der Waals surface area contributed by atoms with Gasteiger partial charge in [-0.2, -0.15) is 4.57 Å². The van der Waals surface area contributed by atoms with Crippen molar-refractivity contribution >= 4 is 28.7 Å². The van der Waals surface area contributed by atoms with Crippen molar-refractivity contribution in [2.75, 3.05) is 18.0 Å². The molecular weight excluding hydrogens is 292 g/mol. The van der Waals surface area contributed by atoms with Gasteiger partial charge in [0.1, 0.15) is 7.05 Å². The monoisotopic (exact) mass is 317 g/mol. The van der Waals surface area contributed by atoms with Crippen LogP contribution in [0.25, 0.3) is 23.1 Å². The average Bonchev–Trinajstić information content (AvgIpc) is 2.63. The number of benzene rings is 2. The van der Waals surface area contributed by atoms with Gasteiger partial charge in [0, 0.05) is 42.4 Å². The first-order valence-electron chi connectivity index (χ1n) is 8.63. The van der Waals surface area contributed by atoms with Crippen molar-refractivity contribution in [1.82, 2.24) is 0 Å². The molecule has 0 radical (unpaired) electrons. The first kappa shape index (κ1) is 16.3. The van der Waals surface area contributed by atoms with Crippen LogP contribution in [0, 0.1) is 0 Å². The smallest absolute Gasteiger partial charge is 0.212 e. The highest BCUT2D eigenvalue weighted by molar-refractivity contribution is 5.77. The number of nitrogens with zero attached hydrogens (tertiary/aromatic N) is 2. The van der Waals surface area contributed by atoms with Gasteiger partial charge in [-0.05, 0) is 49.8 Å². The molecule has 0 saturated carbocycles. The highest BCUT2D eigenvalue weighted by Crippen LogP contribution is 2.17. The van der Waals surface area contributed by atoms with E-state index in [4.69, 9.17) is 0 Å². The first-order chi connectivity index (χ1) is 11.7. The summed E-state index contributed by atoms with van der Waals surface area (Å²) >= 11 is 0. The van der Waals surface area contributed by atoms with E-state index in [1.165, 1.54) is 27.8 Å². The van der Waals surface area contributed by atoms with Gasteiger partial charge in [-0.15, -0.1) is 0 Å². The van der Waals surface area contributed by atoms with Crippen molar-refractivity contribution in [1.29, 1.82) is 0 Å². The molecule has 1 aromatic heterocycles. The molecule has 24 heavy (non-hydrogen) atoms. The molecule has 2 heteroatoms. The molecule has 0 amide bonds. The summed E-state index contributed by atoms with van der Waals surface area (Å²) in [5.74, 6) is 0. The highest BCUT2D eigenvalue weighted by atomic mass is 15.1. The van der Waals surface area contributed by atoms with E-state index in [1.807, 2.05) is 0 Å². The molecule has 0 saturated heterocycles. The molecule has 3 rings (SSSR count). The van der Waals surface area contributed by atoms with Crippen LogP contribution in [0.1, 0.15) is 25.1 Å². The van der Waals surface area contributed by atoms with Crippen LogP contribution in [-0.2, 0) is 7.05 Å². The maximum absolute atomic E-state index is 2.36. The number of pyridine rings is 1. The average molecular weight is 317 g/mol. The number of para-hydroxylation sites is 1. The van der Waals surface area contributed by atoms with Gasteiger partial charge in [0.15, 0.2) is 0 Å². The topological polar surface area (TPSA) is 7.12 Å². The summed E-state index contributed by atoms with van der Waals surface area (Å²) in [7, 11) is 2.12. The Kier molecular flexibility index (Phi) is 4.95. The molecule has 0 aliphatic heterocycles. The normalized spacial score (nSPS) is 11.3. The summed E-state index contributed by atoms with van der Waals surface area (Å²) < 4.78 is 2.23. The van der Waals surface area contributed by atoms with Gasteiger partial charge in [-0.3, -0.25) is 0 Å². The molecular formula is C22H25N2+. The van der Waals surface area contributed by atoms with E-state index in [-0.39, 0.29) is 0 Å². The summed E-state index contributed by atoms with van der Waals surface area (Å²) in [6.07, 6.45) is 4.36.